The maximum Gasteiger partial charge on any atom is 0.356 e. The number of hydrogen-bond donors (Lipinski definition) is 4. The van der Waals surface area contributed by atoms with Gasteiger partial charge in [0, 0.05) is 44.8 Å². The van der Waals surface area contributed by atoms with Crippen LogP contribution in [0.25, 0.3) is 0 Å². The summed E-state index contributed by atoms with van der Waals surface area (Å²) in [6.07, 6.45) is 0.633. The van der Waals surface area contributed by atoms with E-state index in [4.69, 9.17) is 14.2 Å². The van der Waals surface area contributed by atoms with Gasteiger partial charge >= 0.3 is 11.9 Å². The number of methoxy groups -OCH3 is 1. The van der Waals surface area contributed by atoms with Crippen LogP contribution in [-0.2, 0) is 27.2 Å². The van der Waals surface area contributed by atoms with Gasteiger partial charge < -0.3 is 34.8 Å². The number of nitrogens with one attached hydrogen (secondary N) is 1. The van der Waals surface area contributed by atoms with Crippen molar-refractivity contribution in [3.63, 3.8) is 0 Å². The molecule has 4 N–H and O–H groups in total. The predicted molar refractivity (Wildman–Crippen MR) is 215 cm³/mol. The molecule has 0 fully saturated rings. The highest BCUT2D eigenvalue weighted by atomic mass is 32.1. The first-order chi connectivity index (χ1) is 27.8. The lowest BCUT2D eigenvalue weighted by Gasteiger charge is -2.31. The Kier molecular flexibility index (Phi) is 19.0. The second-order valence-corrected chi connectivity index (χ2v) is 12.8. The van der Waals surface area contributed by atoms with Crippen molar-refractivity contribution in [3.8, 4) is 0 Å². The molecule has 0 saturated carbocycles. The summed E-state index contributed by atoms with van der Waals surface area (Å²) in [5, 5.41) is 34.1. The molecular formula is C41H48N6O9S. The van der Waals surface area contributed by atoms with Crippen molar-refractivity contribution in [3.05, 3.63) is 124 Å². The highest BCUT2D eigenvalue weighted by Gasteiger charge is 2.25. The molecule has 0 spiro atoms. The van der Waals surface area contributed by atoms with Crippen molar-refractivity contribution in [2.24, 2.45) is 4.99 Å². The maximum absolute atomic E-state index is 13.0. The largest absolute Gasteiger partial charge is 0.477 e. The summed E-state index contributed by atoms with van der Waals surface area (Å²) in [4.78, 5) is 53.3. The number of aromatic nitrogens is 2. The van der Waals surface area contributed by atoms with Crippen LogP contribution in [0.3, 0.4) is 0 Å². The summed E-state index contributed by atoms with van der Waals surface area (Å²) in [5.41, 5.74) is 4.24. The summed E-state index contributed by atoms with van der Waals surface area (Å²) in [6.45, 7) is 3.35. The van der Waals surface area contributed by atoms with Gasteiger partial charge in [-0.3, -0.25) is 14.6 Å². The lowest BCUT2D eigenvalue weighted by atomic mass is 9.99. The van der Waals surface area contributed by atoms with Crippen molar-refractivity contribution < 1.29 is 43.9 Å². The Labute approximate surface area is 337 Å². The van der Waals surface area contributed by atoms with Crippen LogP contribution >= 0.6 is 12.2 Å². The number of aromatic carboxylic acids is 1. The van der Waals surface area contributed by atoms with Crippen molar-refractivity contribution in [1.82, 2.24) is 25.1 Å². The topological polar surface area (TPSA) is 196 Å². The zero-order valence-corrected chi connectivity index (χ0v) is 32.6. The van der Waals surface area contributed by atoms with E-state index in [1.54, 1.807) is 42.5 Å². The number of aliphatic hydroxyl groups excluding tert-OH is 2. The van der Waals surface area contributed by atoms with E-state index in [0.29, 0.717) is 88.2 Å². The molecule has 0 aliphatic rings. The van der Waals surface area contributed by atoms with E-state index >= 15 is 0 Å². The monoisotopic (exact) mass is 800 g/mol. The molecule has 2 aromatic heterocycles. The fourth-order valence-electron chi connectivity index (χ4n) is 5.94. The lowest BCUT2D eigenvalue weighted by molar-refractivity contribution is 0.0245. The number of hydrogen-bond acceptors (Lipinski definition) is 14. The van der Waals surface area contributed by atoms with E-state index in [0.717, 1.165) is 11.1 Å². The number of carbonyl (C=O) groups is 3. The summed E-state index contributed by atoms with van der Waals surface area (Å²) in [5.74, 6) is -1.91. The molecule has 0 radical (unpaired) electrons. The first-order valence-corrected chi connectivity index (χ1v) is 18.8. The summed E-state index contributed by atoms with van der Waals surface area (Å²) >= 11 is 4.65. The minimum atomic E-state index is -1.10. The number of aliphatic imine (C=N–C) groups is 1. The Bertz CT molecular complexity index is 1930. The van der Waals surface area contributed by atoms with E-state index in [-0.39, 0.29) is 37.1 Å². The molecular weight excluding hydrogens is 753 g/mol. The molecule has 2 aromatic carbocycles. The van der Waals surface area contributed by atoms with E-state index < -0.39 is 18.0 Å². The van der Waals surface area contributed by atoms with Crippen LogP contribution in [0.4, 0.5) is 5.69 Å². The van der Waals surface area contributed by atoms with Crippen molar-refractivity contribution in [1.29, 1.82) is 0 Å². The maximum atomic E-state index is 13.0. The Balaban J connectivity index is 1.34. The molecule has 1 atom stereocenters. The minimum absolute atomic E-state index is 0.0393. The van der Waals surface area contributed by atoms with Gasteiger partial charge in [-0.25, -0.2) is 19.6 Å². The van der Waals surface area contributed by atoms with Crippen LogP contribution in [0.15, 0.2) is 89.9 Å². The molecule has 0 saturated heterocycles. The Hall–Kier alpha value is -5.29. The third-order valence-electron chi connectivity index (χ3n) is 8.77. The van der Waals surface area contributed by atoms with Gasteiger partial charge in [0.05, 0.1) is 75.0 Å². The zero-order valence-electron chi connectivity index (χ0n) is 31.8. The molecule has 57 heavy (non-hydrogen) atoms. The van der Waals surface area contributed by atoms with Gasteiger partial charge in [0.25, 0.3) is 5.91 Å². The number of isothiocyanates is 1. The van der Waals surface area contributed by atoms with Crippen LogP contribution in [0.5, 0.6) is 0 Å². The molecule has 0 aliphatic carbocycles. The Morgan fingerprint density at radius 1 is 0.825 bits per heavy atom. The minimum Gasteiger partial charge on any atom is -0.477 e. The third-order valence-corrected chi connectivity index (χ3v) is 8.86. The van der Waals surface area contributed by atoms with E-state index in [1.807, 2.05) is 46.2 Å². The standard InChI is InChI=1S/C41H48N6O9S/c1-54-41(53)37-7-3-5-35(45-37)38(31-10-12-32(13-11-31)39(50)42-17-16-30-8-14-33(15-9-30)43-29-57)47(19-23-49)21-25-56-27-26-55-24-20-46(18-22-48)28-34-4-2-6-36(44-34)40(51)52/h2-15,38,48-49H,16-28H2,1H3,(H,42,50)(H,51,52). The van der Waals surface area contributed by atoms with Crippen molar-refractivity contribution in [2.45, 2.75) is 19.0 Å². The van der Waals surface area contributed by atoms with Crippen LogP contribution < -0.4 is 5.32 Å². The first-order valence-electron chi connectivity index (χ1n) is 18.4. The van der Waals surface area contributed by atoms with Gasteiger partial charge in [0.15, 0.2) is 0 Å². The van der Waals surface area contributed by atoms with Crippen molar-refractivity contribution in [2.75, 3.05) is 79.5 Å². The molecule has 2 heterocycles. The van der Waals surface area contributed by atoms with Crippen LogP contribution in [0.2, 0.25) is 0 Å². The van der Waals surface area contributed by atoms with Crippen LogP contribution in [0, 0.1) is 0 Å². The second-order valence-electron chi connectivity index (χ2n) is 12.6. The number of carboxylic acids is 1. The first kappa shape index (κ1) is 44.4. The number of nitrogens with zero attached hydrogens (tertiary/aromatic N) is 5. The van der Waals surface area contributed by atoms with Crippen molar-refractivity contribution >= 4 is 40.9 Å². The van der Waals surface area contributed by atoms with Crippen LogP contribution in [-0.4, -0.2) is 138 Å². The second kappa shape index (κ2) is 24.4. The number of aliphatic hydroxyl groups is 2. The SMILES string of the molecule is COC(=O)c1cccc(C(c2ccc(C(=O)NCCc3ccc(N=C=S)cc3)cc2)N(CCO)CCOCCOCCN(CCO)Cc2cccc(C(=O)O)n2)n1. The third kappa shape index (κ3) is 14.6. The molecule has 0 aliphatic heterocycles. The zero-order chi connectivity index (χ0) is 40.8. The smallest absolute Gasteiger partial charge is 0.356 e. The highest BCUT2D eigenvalue weighted by Crippen LogP contribution is 2.28. The van der Waals surface area contributed by atoms with Gasteiger partial charge in [-0.1, -0.05) is 36.4 Å². The fraction of sp³-hybridized carbons (Fsp3) is 0.366. The molecule has 1 amide bonds. The van der Waals surface area contributed by atoms with Gasteiger partial charge in [-0.05, 0) is 78.3 Å². The predicted octanol–water partition coefficient (Wildman–Crippen LogP) is 3.58. The van der Waals surface area contributed by atoms with E-state index in [2.05, 4.69) is 37.7 Å². The number of ether oxygens (including phenoxy) is 3. The van der Waals surface area contributed by atoms with Crippen LogP contribution in [0.1, 0.15) is 59.9 Å². The average Bonchev–Trinajstić information content (AvgIpc) is 3.22. The molecule has 0 bridgehead atoms. The van der Waals surface area contributed by atoms with Gasteiger partial charge in [-0.2, -0.15) is 4.99 Å². The summed E-state index contributed by atoms with van der Waals surface area (Å²) in [7, 11) is 1.29. The normalized spacial score (nSPS) is 11.6. The number of carbonyl (C=O) groups excluding carboxylic acids is 2. The Morgan fingerprint density at radius 3 is 2.18 bits per heavy atom. The van der Waals surface area contributed by atoms with Gasteiger partial charge in [-0.15, -0.1) is 0 Å². The highest BCUT2D eigenvalue weighted by molar-refractivity contribution is 7.78. The molecule has 1 unspecified atom stereocenters. The molecule has 16 heteroatoms. The summed E-state index contributed by atoms with van der Waals surface area (Å²) in [6, 6.07) is 24.0. The quantitative estimate of drug-likeness (QED) is 0.0329. The van der Waals surface area contributed by atoms with E-state index in [1.165, 1.54) is 13.2 Å². The number of thiocarbonyl (C=S) groups is 1. The number of pyridine rings is 2. The lowest BCUT2D eigenvalue weighted by Crippen LogP contribution is -2.36. The molecule has 302 valence electrons. The number of esters is 1. The fourth-order valence-corrected chi connectivity index (χ4v) is 6.05. The number of rotatable bonds is 25. The summed E-state index contributed by atoms with van der Waals surface area (Å²) < 4.78 is 16.6. The number of amides is 1. The Morgan fingerprint density at radius 2 is 1.51 bits per heavy atom. The molecule has 4 aromatic rings. The molecule has 15 nitrogen and oxygen atoms in total. The number of benzene rings is 2. The molecule has 4 rings (SSSR count). The van der Waals surface area contributed by atoms with Gasteiger partial charge in [0.1, 0.15) is 11.4 Å². The van der Waals surface area contributed by atoms with Gasteiger partial charge in [0.2, 0.25) is 0 Å². The number of carboxylic acid groups (broad SMARTS) is 1. The van der Waals surface area contributed by atoms with E-state index in [9.17, 15) is 29.7 Å². The average molecular weight is 801 g/mol.